The van der Waals surface area contributed by atoms with E-state index < -0.39 is 0 Å². The monoisotopic (exact) mass is 378 g/mol. The number of morpholine rings is 1. The van der Waals surface area contributed by atoms with E-state index in [-0.39, 0.29) is 5.91 Å². The Morgan fingerprint density at radius 2 is 1.67 bits per heavy atom. The third kappa shape index (κ3) is 4.21. The molecule has 1 amide bonds. The predicted octanol–water partition coefficient (Wildman–Crippen LogP) is 4.18. The molecule has 1 N–H and O–H groups in total. The van der Waals surface area contributed by atoms with Crippen LogP contribution in [0.3, 0.4) is 0 Å². The van der Waals surface area contributed by atoms with Crippen LogP contribution in [0.5, 0.6) is 0 Å². The number of amides is 1. The number of thiophene rings is 1. The van der Waals surface area contributed by atoms with Crippen molar-refractivity contribution < 1.29 is 9.53 Å². The van der Waals surface area contributed by atoms with Crippen LogP contribution in [0.25, 0.3) is 11.1 Å². The van der Waals surface area contributed by atoms with Gasteiger partial charge in [0.2, 0.25) is 0 Å². The highest BCUT2D eigenvalue weighted by atomic mass is 32.1. The van der Waals surface area contributed by atoms with Gasteiger partial charge in [0, 0.05) is 25.2 Å². The molecule has 1 aliphatic rings. The van der Waals surface area contributed by atoms with Gasteiger partial charge in [0.1, 0.15) is 0 Å². The molecule has 3 aromatic rings. The van der Waals surface area contributed by atoms with E-state index in [4.69, 9.17) is 4.74 Å². The van der Waals surface area contributed by atoms with E-state index >= 15 is 0 Å². The minimum absolute atomic E-state index is 0.0273. The molecule has 2 aromatic carbocycles. The van der Waals surface area contributed by atoms with Gasteiger partial charge >= 0.3 is 0 Å². The molecule has 0 aliphatic carbocycles. The highest BCUT2D eigenvalue weighted by Crippen LogP contribution is 2.39. The van der Waals surface area contributed by atoms with Gasteiger partial charge in [-0.05, 0) is 17.2 Å². The summed E-state index contributed by atoms with van der Waals surface area (Å²) in [4.78, 5) is 15.8. The lowest BCUT2D eigenvalue weighted by Crippen LogP contribution is -2.35. The smallest absolute Gasteiger partial charge is 0.261 e. The number of carbonyl (C=O) groups is 1. The second-order valence-corrected chi connectivity index (χ2v) is 7.49. The van der Waals surface area contributed by atoms with Gasteiger partial charge in [-0.25, -0.2) is 0 Å². The predicted molar refractivity (Wildman–Crippen MR) is 110 cm³/mol. The molecule has 1 aromatic heterocycles. The third-order valence-electron chi connectivity index (χ3n) is 4.62. The van der Waals surface area contributed by atoms with Gasteiger partial charge in [0.25, 0.3) is 5.91 Å². The standard InChI is InChI=1S/C22H22N2O2S/c25-21(23-16-17-7-3-1-4-8-17)20-15-19(18-9-5-2-6-10-18)22(27-20)24-11-13-26-14-12-24/h1-10,15H,11-14,16H2,(H,23,25). The average molecular weight is 378 g/mol. The topological polar surface area (TPSA) is 41.6 Å². The first-order valence-electron chi connectivity index (χ1n) is 9.15. The number of hydrogen-bond donors (Lipinski definition) is 1. The summed E-state index contributed by atoms with van der Waals surface area (Å²) >= 11 is 1.56. The molecule has 2 heterocycles. The Kier molecular flexibility index (Phi) is 5.51. The molecular weight excluding hydrogens is 356 g/mol. The van der Waals surface area contributed by atoms with Crippen LogP contribution in [0.2, 0.25) is 0 Å². The van der Waals surface area contributed by atoms with E-state index in [0.29, 0.717) is 6.54 Å². The second kappa shape index (κ2) is 8.37. The molecule has 5 heteroatoms. The Balaban J connectivity index is 1.59. The summed E-state index contributed by atoms with van der Waals surface area (Å²) in [5.41, 5.74) is 3.35. The number of ether oxygens (including phenoxy) is 1. The Labute approximate surface area is 163 Å². The first kappa shape index (κ1) is 17.8. The average Bonchev–Trinajstić information content (AvgIpc) is 3.20. The number of benzene rings is 2. The Bertz CT molecular complexity index is 887. The van der Waals surface area contributed by atoms with Crippen LogP contribution >= 0.6 is 11.3 Å². The van der Waals surface area contributed by atoms with Gasteiger partial charge in [-0.1, -0.05) is 60.7 Å². The van der Waals surface area contributed by atoms with Gasteiger partial charge in [-0.15, -0.1) is 11.3 Å². The van der Waals surface area contributed by atoms with Crippen molar-refractivity contribution in [1.82, 2.24) is 5.32 Å². The largest absolute Gasteiger partial charge is 0.378 e. The third-order valence-corrected chi connectivity index (χ3v) is 5.81. The van der Waals surface area contributed by atoms with Crippen LogP contribution in [0.1, 0.15) is 15.2 Å². The first-order chi connectivity index (χ1) is 13.3. The van der Waals surface area contributed by atoms with Crippen LogP contribution in [-0.4, -0.2) is 32.2 Å². The summed E-state index contributed by atoms with van der Waals surface area (Å²) in [5, 5.41) is 4.19. The molecular formula is C22H22N2O2S. The molecule has 0 unspecified atom stereocenters. The fraction of sp³-hybridized carbons (Fsp3) is 0.227. The summed E-state index contributed by atoms with van der Waals surface area (Å²) in [5.74, 6) is -0.0273. The maximum absolute atomic E-state index is 12.8. The Morgan fingerprint density at radius 1 is 1.00 bits per heavy atom. The molecule has 0 saturated carbocycles. The molecule has 1 fully saturated rings. The molecule has 0 spiro atoms. The van der Waals surface area contributed by atoms with Crippen molar-refractivity contribution in [2.45, 2.75) is 6.54 Å². The van der Waals surface area contributed by atoms with Crippen molar-refractivity contribution in [2.24, 2.45) is 0 Å². The zero-order chi connectivity index (χ0) is 18.5. The van der Waals surface area contributed by atoms with E-state index in [2.05, 4.69) is 22.3 Å². The maximum Gasteiger partial charge on any atom is 0.261 e. The highest BCUT2D eigenvalue weighted by Gasteiger charge is 2.21. The van der Waals surface area contributed by atoms with Crippen molar-refractivity contribution in [1.29, 1.82) is 0 Å². The molecule has 27 heavy (non-hydrogen) atoms. The first-order valence-corrected chi connectivity index (χ1v) is 9.97. The lowest BCUT2D eigenvalue weighted by Gasteiger charge is -2.28. The number of hydrogen-bond acceptors (Lipinski definition) is 4. The van der Waals surface area contributed by atoms with Crippen molar-refractivity contribution >= 4 is 22.2 Å². The fourth-order valence-electron chi connectivity index (χ4n) is 3.18. The maximum atomic E-state index is 12.8. The van der Waals surface area contributed by atoms with E-state index in [0.717, 1.165) is 52.9 Å². The zero-order valence-electron chi connectivity index (χ0n) is 15.1. The molecule has 138 valence electrons. The minimum atomic E-state index is -0.0273. The number of carbonyl (C=O) groups excluding carboxylic acids is 1. The summed E-state index contributed by atoms with van der Waals surface area (Å²) in [6.45, 7) is 3.69. The fourth-order valence-corrected chi connectivity index (χ4v) is 4.33. The molecule has 0 radical (unpaired) electrons. The normalized spacial score (nSPS) is 14.1. The molecule has 1 saturated heterocycles. The van der Waals surface area contributed by atoms with E-state index in [1.54, 1.807) is 11.3 Å². The van der Waals surface area contributed by atoms with Crippen LogP contribution in [0.15, 0.2) is 66.7 Å². The summed E-state index contributed by atoms with van der Waals surface area (Å²) in [7, 11) is 0. The minimum Gasteiger partial charge on any atom is -0.378 e. The lowest BCUT2D eigenvalue weighted by molar-refractivity contribution is 0.0955. The van der Waals surface area contributed by atoms with Crippen LogP contribution < -0.4 is 10.2 Å². The summed E-state index contributed by atoms with van der Waals surface area (Å²) in [6, 6.07) is 22.3. The van der Waals surface area contributed by atoms with Gasteiger partial charge in [0.05, 0.1) is 23.1 Å². The number of anilines is 1. The van der Waals surface area contributed by atoms with Gasteiger partial charge in [0.15, 0.2) is 0 Å². The van der Waals surface area contributed by atoms with Crippen LogP contribution in [0.4, 0.5) is 5.00 Å². The van der Waals surface area contributed by atoms with Gasteiger partial charge < -0.3 is 15.0 Å². The van der Waals surface area contributed by atoms with E-state index in [1.807, 2.05) is 54.6 Å². The van der Waals surface area contributed by atoms with Gasteiger partial charge in [-0.3, -0.25) is 4.79 Å². The summed E-state index contributed by atoms with van der Waals surface area (Å²) < 4.78 is 5.49. The molecule has 4 nitrogen and oxygen atoms in total. The number of rotatable bonds is 5. The SMILES string of the molecule is O=C(NCc1ccccc1)c1cc(-c2ccccc2)c(N2CCOCC2)s1. The molecule has 0 atom stereocenters. The zero-order valence-corrected chi connectivity index (χ0v) is 15.9. The van der Waals surface area contributed by atoms with Crippen LogP contribution in [0, 0.1) is 0 Å². The molecule has 1 aliphatic heterocycles. The Morgan fingerprint density at radius 3 is 2.37 bits per heavy atom. The molecule has 0 bridgehead atoms. The highest BCUT2D eigenvalue weighted by molar-refractivity contribution is 7.18. The van der Waals surface area contributed by atoms with Gasteiger partial charge in [-0.2, -0.15) is 0 Å². The number of nitrogens with one attached hydrogen (secondary N) is 1. The van der Waals surface area contributed by atoms with Crippen LogP contribution in [-0.2, 0) is 11.3 Å². The quantitative estimate of drug-likeness (QED) is 0.724. The van der Waals surface area contributed by atoms with Crippen molar-refractivity contribution in [3.05, 3.63) is 77.2 Å². The number of nitrogens with zero attached hydrogens (tertiary/aromatic N) is 1. The molecule has 4 rings (SSSR count). The summed E-state index contributed by atoms with van der Waals surface area (Å²) in [6.07, 6.45) is 0. The van der Waals surface area contributed by atoms with Crippen molar-refractivity contribution in [3.8, 4) is 11.1 Å². The van der Waals surface area contributed by atoms with E-state index in [1.165, 1.54) is 0 Å². The Hall–Kier alpha value is -2.63. The second-order valence-electron chi connectivity index (χ2n) is 6.46. The lowest BCUT2D eigenvalue weighted by atomic mass is 10.1. The van der Waals surface area contributed by atoms with Crippen molar-refractivity contribution in [3.63, 3.8) is 0 Å². The van der Waals surface area contributed by atoms with Crippen molar-refractivity contribution in [2.75, 3.05) is 31.2 Å². The van der Waals surface area contributed by atoms with E-state index in [9.17, 15) is 4.79 Å².